The summed E-state index contributed by atoms with van der Waals surface area (Å²) in [6.07, 6.45) is -4.36. The van der Waals surface area contributed by atoms with Gasteiger partial charge in [-0.3, -0.25) is 4.57 Å². The van der Waals surface area contributed by atoms with E-state index < -0.39 is 40.3 Å². The fraction of sp³-hybridized carbons (Fsp3) is 0.308. The van der Waals surface area contributed by atoms with E-state index in [9.17, 15) is 23.4 Å². The second kappa shape index (κ2) is 7.67. The molecule has 10 heteroatoms. The zero-order valence-corrected chi connectivity index (χ0v) is 19.2. The number of halogens is 3. The van der Waals surface area contributed by atoms with Gasteiger partial charge in [-0.25, -0.2) is 0 Å². The zero-order chi connectivity index (χ0) is 26.0. The molecule has 7 nitrogen and oxygen atoms in total. The Morgan fingerprint density at radius 3 is 2.33 bits per heavy atom. The van der Waals surface area contributed by atoms with Gasteiger partial charge in [0.1, 0.15) is 11.4 Å². The summed E-state index contributed by atoms with van der Waals surface area (Å²) in [5, 5.41) is 40.3. The number of nitrogens with zero attached hydrogens (tertiary/aromatic N) is 3. The van der Waals surface area contributed by atoms with E-state index in [2.05, 4.69) is 0 Å². The van der Waals surface area contributed by atoms with Gasteiger partial charge in [-0.1, -0.05) is 0 Å². The number of hydrogen-bond donors (Lipinski definition) is 2. The van der Waals surface area contributed by atoms with Crippen molar-refractivity contribution in [3.05, 3.63) is 70.3 Å². The van der Waals surface area contributed by atoms with E-state index in [0.29, 0.717) is 28.9 Å². The molecule has 2 aliphatic rings. The number of fused-ring (bicyclic) bond motifs is 5. The van der Waals surface area contributed by atoms with Gasteiger partial charge < -0.3 is 19.7 Å². The van der Waals surface area contributed by atoms with Crippen molar-refractivity contribution in [3.8, 4) is 35.3 Å². The van der Waals surface area contributed by atoms with Gasteiger partial charge in [0.05, 0.1) is 57.9 Å². The summed E-state index contributed by atoms with van der Waals surface area (Å²) < 4.78 is 53.7. The Kier molecular flexibility index (Phi) is 5.03. The van der Waals surface area contributed by atoms with Crippen LogP contribution in [0, 0.1) is 28.6 Å². The van der Waals surface area contributed by atoms with Crippen LogP contribution in [0.4, 0.5) is 13.2 Å². The molecule has 1 aromatic heterocycles. The first-order valence-corrected chi connectivity index (χ1v) is 11.1. The van der Waals surface area contributed by atoms with Crippen LogP contribution in [-0.2, 0) is 22.1 Å². The molecule has 3 aromatic rings. The van der Waals surface area contributed by atoms with Crippen LogP contribution in [0.25, 0.3) is 5.69 Å². The highest BCUT2D eigenvalue weighted by atomic mass is 19.4. The van der Waals surface area contributed by atoms with E-state index in [0.717, 1.165) is 16.7 Å². The number of aromatic nitrogens is 1. The fourth-order valence-electron chi connectivity index (χ4n) is 5.47. The number of alkyl halides is 3. The molecule has 0 unspecified atom stereocenters. The molecule has 2 aliphatic heterocycles. The number of benzene rings is 2. The highest BCUT2D eigenvalue weighted by Crippen LogP contribution is 2.66. The predicted molar refractivity (Wildman–Crippen MR) is 119 cm³/mol. The van der Waals surface area contributed by atoms with Crippen LogP contribution >= 0.6 is 0 Å². The first-order chi connectivity index (χ1) is 16.9. The summed E-state index contributed by atoms with van der Waals surface area (Å²) in [6.45, 7) is 3.71. The molecule has 3 atom stereocenters. The largest absolute Gasteiger partial charge is 0.494 e. The molecular weight excluding hydrogens is 475 g/mol. The molecule has 5 rings (SSSR count). The van der Waals surface area contributed by atoms with E-state index >= 15 is 0 Å². The molecule has 2 aromatic carbocycles. The van der Waals surface area contributed by atoms with Crippen molar-refractivity contribution in [1.82, 2.24) is 4.57 Å². The highest BCUT2D eigenvalue weighted by molar-refractivity contribution is 5.62. The van der Waals surface area contributed by atoms with Crippen LogP contribution in [0.5, 0.6) is 17.5 Å². The Morgan fingerprint density at radius 2 is 1.72 bits per heavy atom. The Labute approximate surface area is 204 Å². The van der Waals surface area contributed by atoms with Gasteiger partial charge in [-0.2, -0.15) is 23.7 Å². The van der Waals surface area contributed by atoms with E-state index in [1.165, 1.54) is 12.1 Å². The maximum atomic E-state index is 13.5. The lowest BCUT2D eigenvalue weighted by Crippen LogP contribution is -2.32. The maximum Gasteiger partial charge on any atom is 0.417 e. The first kappa shape index (κ1) is 23.6. The quantitative estimate of drug-likeness (QED) is 0.514. The molecule has 1 saturated heterocycles. The highest BCUT2D eigenvalue weighted by Gasteiger charge is 2.64. The molecule has 36 heavy (non-hydrogen) atoms. The summed E-state index contributed by atoms with van der Waals surface area (Å²) in [5.74, 6) is -0.557. The number of nitriles is 2. The van der Waals surface area contributed by atoms with Gasteiger partial charge in [0.25, 0.3) is 0 Å². The monoisotopic (exact) mass is 495 g/mol. The van der Waals surface area contributed by atoms with Crippen molar-refractivity contribution in [2.45, 2.75) is 37.6 Å². The summed E-state index contributed by atoms with van der Waals surface area (Å²) in [5.41, 5.74) is -2.85. The number of ether oxygens (including phenoxy) is 2. The zero-order valence-electron chi connectivity index (χ0n) is 19.2. The molecule has 0 amide bonds. The van der Waals surface area contributed by atoms with Gasteiger partial charge in [0.2, 0.25) is 11.8 Å². The Morgan fingerprint density at radius 1 is 1.06 bits per heavy atom. The molecule has 0 aliphatic carbocycles. The normalized spacial score (nSPS) is 24.2. The van der Waals surface area contributed by atoms with Crippen LogP contribution in [0.3, 0.4) is 0 Å². The van der Waals surface area contributed by atoms with Crippen molar-refractivity contribution in [3.63, 3.8) is 0 Å². The minimum Gasteiger partial charge on any atom is -0.494 e. The molecule has 3 heterocycles. The number of rotatable bonds is 4. The third-order valence-electron chi connectivity index (χ3n) is 7.12. The van der Waals surface area contributed by atoms with Crippen LogP contribution in [0.1, 0.15) is 48.1 Å². The molecule has 2 N–H and O–H groups in total. The van der Waals surface area contributed by atoms with Crippen LogP contribution in [0.2, 0.25) is 0 Å². The lowest BCUT2D eigenvalue weighted by Gasteiger charge is -2.29. The van der Waals surface area contributed by atoms with Crippen molar-refractivity contribution in [2.75, 3.05) is 6.61 Å². The standard InChI is InChI=1S/C26H20F3N3O4/c1-24-10-16(13-35-18-7-3-14(11-30)4-8-18)25(2,36-24)21-20(24)22(33)32(23(21)34)17-6-5-15(12-31)19(9-17)26(27,28)29/h3-9,16,33-34H,10,13H2,1-2H3/t16-,24+,25-/m0/s1. The maximum absolute atomic E-state index is 13.5. The Hall–Kier alpha value is -4.15. The smallest absolute Gasteiger partial charge is 0.417 e. The van der Waals surface area contributed by atoms with Crippen molar-refractivity contribution >= 4 is 0 Å². The van der Waals surface area contributed by atoms with Crippen molar-refractivity contribution in [1.29, 1.82) is 10.5 Å². The lowest BCUT2D eigenvalue weighted by molar-refractivity contribution is -0.137. The van der Waals surface area contributed by atoms with Crippen LogP contribution < -0.4 is 4.74 Å². The second-order valence-electron chi connectivity index (χ2n) is 9.36. The van der Waals surface area contributed by atoms with E-state index in [4.69, 9.17) is 20.0 Å². The van der Waals surface area contributed by atoms with Gasteiger partial charge >= 0.3 is 6.18 Å². The Balaban J connectivity index is 1.53. The molecule has 0 radical (unpaired) electrons. The van der Waals surface area contributed by atoms with Crippen LogP contribution in [-0.4, -0.2) is 21.4 Å². The average molecular weight is 495 g/mol. The van der Waals surface area contributed by atoms with Gasteiger partial charge in [-0.15, -0.1) is 0 Å². The minimum atomic E-state index is -4.80. The van der Waals surface area contributed by atoms with Crippen molar-refractivity contribution in [2.24, 2.45) is 5.92 Å². The van der Waals surface area contributed by atoms with E-state index in [-0.39, 0.29) is 18.2 Å². The third kappa shape index (κ3) is 3.29. The van der Waals surface area contributed by atoms with Gasteiger partial charge in [-0.05, 0) is 62.7 Å². The molecular formula is C26H20F3N3O4. The summed E-state index contributed by atoms with van der Waals surface area (Å²) in [7, 11) is 0. The predicted octanol–water partition coefficient (Wildman–Crippen LogP) is 5.21. The molecule has 0 saturated carbocycles. The minimum absolute atomic E-state index is 0.136. The molecule has 1 fully saturated rings. The van der Waals surface area contributed by atoms with Gasteiger partial charge in [0.15, 0.2) is 0 Å². The number of aromatic hydroxyl groups is 2. The summed E-state index contributed by atoms with van der Waals surface area (Å²) >= 11 is 0. The SMILES string of the molecule is C[C@]12C[C@@H](COc3ccc(C#N)cc3)[C@](C)(O1)c1c2c(O)n(-c2ccc(C#N)c(C(F)(F)F)c2)c1O. The average Bonchev–Trinajstić information content (AvgIpc) is 3.37. The summed E-state index contributed by atoms with van der Waals surface area (Å²) in [6, 6.07) is 13.1. The third-order valence-corrected chi connectivity index (χ3v) is 7.12. The topological polar surface area (TPSA) is 111 Å². The molecule has 2 bridgehead atoms. The van der Waals surface area contributed by atoms with Gasteiger partial charge in [0, 0.05) is 5.92 Å². The fourth-order valence-corrected chi connectivity index (χ4v) is 5.47. The summed E-state index contributed by atoms with van der Waals surface area (Å²) in [4.78, 5) is 0. The molecule has 0 spiro atoms. The Bertz CT molecular complexity index is 1470. The first-order valence-electron chi connectivity index (χ1n) is 11.1. The van der Waals surface area contributed by atoms with Crippen LogP contribution in [0.15, 0.2) is 42.5 Å². The number of hydrogen-bond acceptors (Lipinski definition) is 6. The second-order valence-corrected chi connectivity index (χ2v) is 9.36. The lowest BCUT2D eigenvalue weighted by atomic mass is 9.73. The van der Waals surface area contributed by atoms with Crippen molar-refractivity contribution < 1.29 is 32.9 Å². The van der Waals surface area contributed by atoms with E-state index in [1.807, 2.05) is 6.07 Å². The molecule has 184 valence electrons. The van der Waals surface area contributed by atoms with E-state index in [1.54, 1.807) is 38.1 Å².